The van der Waals surface area contributed by atoms with Crippen molar-refractivity contribution in [2.45, 2.75) is 71.4 Å². The molecular weight excluding hydrogens is 549 g/mol. The third-order valence-electron chi connectivity index (χ3n) is 8.24. The molecule has 0 radical (unpaired) electrons. The van der Waals surface area contributed by atoms with E-state index in [0.29, 0.717) is 34.6 Å². The van der Waals surface area contributed by atoms with E-state index in [1.165, 1.54) is 0 Å². The van der Waals surface area contributed by atoms with Gasteiger partial charge >= 0.3 is 0 Å². The molecule has 0 bridgehead atoms. The van der Waals surface area contributed by atoms with E-state index in [-0.39, 0.29) is 16.9 Å². The molecule has 0 atom stereocenters. The van der Waals surface area contributed by atoms with Crippen LogP contribution in [0.25, 0.3) is 0 Å². The van der Waals surface area contributed by atoms with E-state index < -0.39 is 6.29 Å². The summed E-state index contributed by atoms with van der Waals surface area (Å²) in [6.07, 6.45) is 4.55. The highest BCUT2D eigenvalue weighted by molar-refractivity contribution is 6.35. The van der Waals surface area contributed by atoms with Gasteiger partial charge in [0.25, 0.3) is 5.91 Å². The number of carbonyl (C=O) groups is 2. The number of carbonyl (C=O) groups excluding carboxylic acids is 2. The van der Waals surface area contributed by atoms with Crippen LogP contribution in [0.3, 0.4) is 0 Å². The summed E-state index contributed by atoms with van der Waals surface area (Å²) in [4.78, 5) is 29.5. The number of amides is 2. The van der Waals surface area contributed by atoms with Crippen LogP contribution in [-0.4, -0.2) is 47.5 Å². The van der Waals surface area contributed by atoms with Gasteiger partial charge in [0, 0.05) is 35.2 Å². The monoisotopic (exact) mass is 589 g/mol. The van der Waals surface area contributed by atoms with Gasteiger partial charge in [-0.15, -0.1) is 0 Å². The normalized spacial score (nSPS) is 21.9. The van der Waals surface area contributed by atoms with Crippen molar-refractivity contribution < 1.29 is 9.59 Å². The summed E-state index contributed by atoms with van der Waals surface area (Å²) in [5, 5.41) is 4.08. The first-order valence-electron chi connectivity index (χ1n) is 13.7. The van der Waals surface area contributed by atoms with Crippen molar-refractivity contribution in [1.82, 2.24) is 37.0 Å². The molecule has 11 heteroatoms. The molecule has 9 nitrogen and oxygen atoms in total. The summed E-state index contributed by atoms with van der Waals surface area (Å²) in [7, 11) is 2.08. The summed E-state index contributed by atoms with van der Waals surface area (Å²) in [6.45, 7) is 8.78. The van der Waals surface area contributed by atoms with E-state index in [0.717, 1.165) is 49.8 Å². The van der Waals surface area contributed by atoms with Crippen molar-refractivity contribution in [3.05, 3.63) is 69.2 Å². The number of halogens is 2. The zero-order chi connectivity index (χ0) is 28.9. The smallest absolute Gasteiger partial charge is 0.253 e. The van der Waals surface area contributed by atoms with Gasteiger partial charge in [-0.1, -0.05) is 62.2 Å². The van der Waals surface area contributed by atoms with E-state index in [1.54, 1.807) is 18.2 Å². The van der Waals surface area contributed by atoms with Crippen molar-refractivity contribution >= 4 is 35.5 Å². The van der Waals surface area contributed by atoms with Crippen molar-refractivity contribution in [3.63, 3.8) is 0 Å². The lowest BCUT2D eigenvalue weighted by Gasteiger charge is -2.50. The van der Waals surface area contributed by atoms with Gasteiger partial charge in [-0.3, -0.25) is 14.5 Å². The van der Waals surface area contributed by atoms with Gasteiger partial charge in [-0.2, -0.15) is 11.1 Å². The Morgan fingerprint density at radius 1 is 1.05 bits per heavy atom. The second kappa shape index (κ2) is 13.2. The molecule has 1 saturated heterocycles. The predicted molar refractivity (Wildman–Crippen MR) is 159 cm³/mol. The SMILES string of the molecule is CN(Cc1ccc(Cl)cc1Cl)CC1(N(C=O)Cc2ccc(C(=O)NC3NNNN3)cc2)CCC(C(C)(C)C)CC1. The summed E-state index contributed by atoms with van der Waals surface area (Å²) >= 11 is 12.6. The highest BCUT2D eigenvalue weighted by Gasteiger charge is 2.43. The Hall–Kier alpha value is -2.24. The largest absolute Gasteiger partial charge is 0.334 e. The topological polar surface area (TPSA) is 101 Å². The second-order valence-corrected chi connectivity index (χ2v) is 13.0. The van der Waals surface area contributed by atoms with Crippen LogP contribution >= 0.6 is 23.2 Å². The van der Waals surface area contributed by atoms with E-state index in [1.807, 2.05) is 29.2 Å². The summed E-state index contributed by atoms with van der Waals surface area (Å²) in [6, 6.07) is 13.0. The summed E-state index contributed by atoms with van der Waals surface area (Å²) in [5.41, 5.74) is 13.4. The molecule has 40 heavy (non-hydrogen) atoms. The number of benzene rings is 2. The lowest BCUT2D eigenvalue weighted by molar-refractivity contribution is -0.128. The van der Waals surface area contributed by atoms with Crippen LogP contribution < -0.4 is 27.2 Å². The maximum atomic E-state index is 12.7. The highest BCUT2D eigenvalue weighted by atomic mass is 35.5. The van der Waals surface area contributed by atoms with E-state index >= 15 is 0 Å². The molecule has 5 N–H and O–H groups in total. The van der Waals surface area contributed by atoms with Crippen molar-refractivity contribution in [3.8, 4) is 0 Å². The molecule has 1 aliphatic carbocycles. The summed E-state index contributed by atoms with van der Waals surface area (Å²) < 4.78 is 0. The number of rotatable bonds is 10. The standard InChI is InChI=1S/C29H41Cl2N7O2/c1-28(2,3)23-11-13-29(14-12-23,18-37(4)17-22-9-10-24(30)15-25(22)31)38(19-39)16-20-5-7-21(8-6-20)26(40)32-27-33-35-36-34-27/h5-10,15,19,23,27,33-36H,11-14,16-18H2,1-4H3,(H,32,40). The van der Waals surface area contributed by atoms with Crippen LogP contribution in [0.2, 0.25) is 10.0 Å². The highest BCUT2D eigenvalue weighted by Crippen LogP contribution is 2.44. The van der Waals surface area contributed by atoms with Gasteiger partial charge in [-0.25, -0.2) is 10.9 Å². The molecule has 1 saturated carbocycles. The molecule has 2 aliphatic rings. The third-order valence-corrected chi connectivity index (χ3v) is 8.82. The Kier molecular flexibility index (Phi) is 10.1. The Bertz CT molecular complexity index is 1160. The molecule has 1 aliphatic heterocycles. The summed E-state index contributed by atoms with van der Waals surface area (Å²) in [5.74, 6) is 0.394. The van der Waals surface area contributed by atoms with Gasteiger partial charge in [-0.05, 0) is 79.5 Å². The van der Waals surface area contributed by atoms with E-state index in [4.69, 9.17) is 23.2 Å². The maximum Gasteiger partial charge on any atom is 0.253 e. The van der Waals surface area contributed by atoms with Crippen LogP contribution in [0, 0.1) is 11.3 Å². The number of nitrogens with one attached hydrogen (secondary N) is 5. The molecule has 4 rings (SSSR count). The number of hydrazine groups is 3. The Labute approximate surface area is 247 Å². The lowest BCUT2D eigenvalue weighted by Crippen LogP contribution is -2.56. The molecule has 2 fully saturated rings. The van der Waals surface area contributed by atoms with Crippen LogP contribution in [-0.2, 0) is 17.9 Å². The molecular formula is C29H41Cl2N7O2. The van der Waals surface area contributed by atoms with Crippen LogP contribution in [0.15, 0.2) is 42.5 Å². The number of nitrogens with zero attached hydrogens (tertiary/aromatic N) is 2. The molecule has 0 spiro atoms. The molecule has 0 aromatic heterocycles. The molecule has 1 heterocycles. The Morgan fingerprint density at radius 3 is 2.27 bits per heavy atom. The second-order valence-electron chi connectivity index (χ2n) is 12.1. The fourth-order valence-electron chi connectivity index (χ4n) is 5.87. The maximum absolute atomic E-state index is 12.7. The van der Waals surface area contributed by atoms with Crippen molar-refractivity contribution in [2.24, 2.45) is 11.3 Å². The van der Waals surface area contributed by atoms with Crippen LogP contribution in [0.1, 0.15) is 67.9 Å². The Balaban J connectivity index is 1.49. The minimum Gasteiger partial charge on any atom is -0.334 e. The molecule has 2 amide bonds. The van der Waals surface area contributed by atoms with Gasteiger partial charge in [0.05, 0.1) is 5.54 Å². The van der Waals surface area contributed by atoms with Crippen molar-refractivity contribution in [2.75, 3.05) is 13.6 Å². The van der Waals surface area contributed by atoms with Gasteiger partial charge in [0.2, 0.25) is 6.41 Å². The average Bonchev–Trinajstić information content (AvgIpc) is 3.42. The van der Waals surface area contributed by atoms with Crippen LogP contribution in [0.4, 0.5) is 0 Å². The molecule has 0 unspecified atom stereocenters. The Morgan fingerprint density at radius 2 is 1.70 bits per heavy atom. The van der Waals surface area contributed by atoms with Gasteiger partial charge in [0.15, 0.2) is 6.29 Å². The lowest BCUT2D eigenvalue weighted by atomic mass is 9.66. The number of hydrogen-bond acceptors (Lipinski definition) is 7. The fraction of sp³-hybridized carbons (Fsp3) is 0.517. The van der Waals surface area contributed by atoms with E-state index in [2.05, 4.69) is 60.0 Å². The number of hydrogen-bond donors (Lipinski definition) is 5. The third kappa shape index (κ3) is 7.73. The first kappa shape index (κ1) is 30.7. The molecule has 2 aromatic carbocycles. The van der Waals surface area contributed by atoms with E-state index in [9.17, 15) is 9.59 Å². The van der Waals surface area contributed by atoms with Gasteiger partial charge in [0.1, 0.15) is 0 Å². The van der Waals surface area contributed by atoms with Crippen molar-refractivity contribution in [1.29, 1.82) is 0 Å². The zero-order valence-electron chi connectivity index (χ0n) is 23.7. The fourth-order valence-corrected chi connectivity index (χ4v) is 6.34. The minimum absolute atomic E-state index is 0.214. The minimum atomic E-state index is -0.430. The zero-order valence-corrected chi connectivity index (χ0v) is 25.2. The molecule has 218 valence electrons. The first-order valence-corrected chi connectivity index (χ1v) is 14.5. The molecule has 2 aromatic rings. The van der Waals surface area contributed by atoms with Crippen LogP contribution in [0.5, 0.6) is 0 Å². The average molecular weight is 591 g/mol. The number of likely N-dealkylation sites (N-methyl/N-ethyl adjacent to an activating group) is 1. The first-order chi connectivity index (χ1) is 19.0. The van der Waals surface area contributed by atoms with Gasteiger partial charge < -0.3 is 10.2 Å². The predicted octanol–water partition coefficient (Wildman–Crippen LogP) is 4.19. The quantitative estimate of drug-likeness (QED) is 0.265.